The molecule has 0 spiro atoms. The van der Waals surface area contributed by atoms with Crippen LogP contribution in [0.2, 0.25) is 0 Å². The predicted molar refractivity (Wildman–Crippen MR) is 82.5 cm³/mol. The molecule has 1 aliphatic heterocycles. The van der Waals surface area contributed by atoms with Gasteiger partial charge in [0.15, 0.2) is 0 Å². The molecule has 1 aromatic rings. The lowest BCUT2D eigenvalue weighted by molar-refractivity contribution is 0.0831. The molecule has 2 nitrogen and oxygen atoms in total. The Morgan fingerprint density at radius 2 is 1.95 bits per heavy atom. The van der Waals surface area contributed by atoms with Crippen LogP contribution in [0, 0.1) is 5.92 Å². The van der Waals surface area contributed by atoms with Crippen LogP contribution in [0.4, 0.5) is 0 Å². The van der Waals surface area contributed by atoms with Crippen molar-refractivity contribution in [2.24, 2.45) is 5.92 Å². The number of nitrogens with zero attached hydrogens (tertiary/aromatic N) is 1. The summed E-state index contributed by atoms with van der Waals surface area (Å²) in [4.78, 5) is 2.66. The lowest BCUT2D eigenvalue weighted by Crippen LogP contribution is -2.53. The largest absolute Gasteiger partial charge is 0.317 e. The van der Waals surface area contributed by atoms with Gasteiger partial charge in [-0.3, -0.25) is 4.90 Å². The Labute approximate surface area is 118 Å². The van der Waals surface area contributed by atoms with Crippen LogP contribution >= 0.6 is 0 Å². The number of nitrogens with one attached hydrogen (secondary N) is 1. The zero-order chi connectivity index (χ0) is 13.8. The van der Waals surface area contributed by atoms with Gasteiger partial charge in [0.05, 0.1) is 0 Å². The van der Waals surface area contributed by atoms with Crippen molar-refractivity contribution in [2.75, 3.05) is 20.1 Å². The van der Waals surface area contributed by atoms with Gasteiger partial charge in [-0.05, 0) is 44.3 Å². The first kappa shape index (κ1) is 14.5. The van der Waals surface area contributed by atoms with Gasteiger partial charge in [0, 0.05) is 18.6 Å². The Morgan fingerprint density at radius 3 is 2.58 bits per heavy atom. The van der Waals surface area contributed by atoms with Gasteiger partial charge in [0.2, 0.25) is 0 Å². The van der Waals surface area contributed by atoms with E-state index in [1.807, 2.05) is 0 Å². The van der Waals surface area contributed by atoms with Crippen molar-refractivity contribution < 1.29 is 0 Å². The number of hydrogen-bond donors (Lipinski definition) is 1. The van der Waals surface area contributed by atoms with Gasteiger partial charge in [-0.1, -0.05) is 44.2 Å². The van der Waals surface area contributed by atoms with E-state index in [1.165, 1.54) is 25.1 Å². The van der Waals surface area contributed by atoms with E-state index in [0.717, 1.165) is 5.92 Å². The number of likely N-dealkylation sites (tertiary alicyclic amines) is 1. The van der Waals surface area contributed by atoms with Crippen molar-refractivity contribution >= 4 is 0 Å². The quantitative estimate of drug-likeness (QED) is 0.895. The van der Waals surface area contributed by atoms with Gasteiger partial charge in [-0.2, -0.15) is 0 Å². The van der Waals surface area contributed by atoms with Crippen molar-refractivity contribution in [1.82, 2.24) is 10.2 Å². The highest BCUT2D eigenvalue weighted by molar-refractivity contribution is 5.19. The van der Waals surface area contributed by atoms with Crippen LogP contribution in [0.3, 0.4) is 0 Å². The van der Waals surface area contributed by atoms with Crippen LogP contribution in [0.15, 0.2) is 30.3 Å². The second-order valence-corrected chi connectivity index (χ2v) is 6.09. The average Bonchev–Trinajstić information content (AvgIpc) is 2.45. The molecule has 4 atom stereocenters. The third-order valence-electron chi connectivity index (χ3n) is 4.95. The maximum Gasteiger partial charge on any atom is 0.0117 e. The summed E-state index contributed by atoms with van der Waals surface area (Å²) in [5.41, 5.74) is 1.46. The molecular weight excluding hydrogens is 232 g/mol. The van der Waals surface area contributed by atoms with E-state index < -0.39 is 0 Å². The van der Waals surface area contributed by atoms with E-state index in [4.69, 9.17) is 0 Å². The van der Waals surface area contributed by atoms with Crippen molar-refractivity contribution in [3.8, 4) is 0 Å². The topological polar surface area (TPSA) is 15.3 Å². The summed E-state index contributed by atoms with van der Waals surface area (Å²) in [6.07, 6.45) is 1.27. The second kappa shape index (κ2) is 6.53. The van der Waals surface area contributed by atoms with Gasteiger partial charge in [0.1, 0.15) is 0 Å². The summed E-state index contributed by atoms with van der Waals surface area (Å²) in [7, 11) is 2.09. The van der Waals surface area contributed by atoms with Gasteiger partial charge >= 0.3 is 0 Å². The predicted octanol–water partition coefficient (Wildman–Crippen LogP) is 3.11. The Morgan fingerprint density at radius 1 is 1.26 bits per heavy atom. The van der Waals surface area contributed by atoms with Crippen LogP contribution in [-0.4, -0.2) is 37.1 Å². The molecule has 0 amide bonds. The minimum atomic E-state index is 0.613. The molecule has 0 radical (unpaired) electrons. The second-order valence-electron chi connectivity index (χ2n) is 6.09. The third kappa shape index (κ3) is 3.37. The monoisotopic (exact) mass is 260 g/mol. The number of rotatable bonds is 4. The molecular formula is C17H28N2. The molecule has 1 fully saturated rings. The highest BCUT2D eigenvalue weighted by Crippen LogP contribution is 2.26. The molecule has 0 aliphatic carbocycles. The Balaban J connectivity index is 1.96. The van der Waals surface area contributed by atoms with Crippen molar-refractivity contribution in [1.29, 1.82) is 0 Å². The highest BCUT2D eigenvalue weighted by atomic mass is 15.2. The van der Waals surface area contributed by atoms with Crippen LogP contribution in [0.1, 0.15) is 38.7 Å². The van der Waals surface area contributed by atoms with E-state index in [2.05, 4.69) is 68.4 Å². The van der Waals surface area contributed by atoms with E-state index >= 15 is 0 Å². The first-order valence-electron chi connectivity index (χ1n) is 7.59. The number of benzene rings is 1. The minimum absolute atomic E-state index is 0.613. The van der Waals surface area contributed by atoms with E-state index in [-0.39, 0.29) is 0 Å². The van der Waals surface area contributed by atoms with Gasteiger partial charge in [0.25, 0.3) is 0 Å². The van der Waals surface area contributed by atoms with Crippen molar-refractivity contribution in [3.05, 3.63) is 35.9 Å². The summed E-state index contributed by atoms with van der Waals surface area (Å²) in [6.45, 7) is 9.49. The first-order valence-corrected chi connectivity index (χ1v) is 7.59. The zero-order valence-corrected chi connectivity index (χ0v) is 12.8. The van der Waals surface area contributed by atoms with E-state index in [0.29, 0.717) is 18.0 Å². The van der Waals surface area contributed by atoms with E-state index in [9.17, 15) is 0 Å². The Bertz CT molecular complexity index is 376. The number of hydrogen-bond acceptors (Lipinski definition) is 2. The smallest absolute Gasteiger partial charge is 0.0117 e. The lowest BCUT2D eigenvalue weighted by Gasteiger charge is -2.43. The summed E-state index contributed by atoms with van der Waals surface area (Å²) in [5.74, 6) is 1.34. The molecule has 4 unspecified atom stereocenters. The molecule has 1 N–H and O–H groups in total. The number of piperidine rings is 1. The molecule has 1 saturated heterocycles. The van der Waals surface area contributed by atoms with Crippen LogP contribution < -0.4 is 5.32 Å². The summed E-state index contributed by atoms with van der Waals surface area (Å²) in [6, 6.07) is 12.2. The highest BCUT2D eigenvalue weighted by Gasteiger charge is 2.31. The zero-order valence-electron chi connectivity index (χ0n) is 12.8. The fourth-order valence-corrected chi connectivity index (χ4v) is 3.34. The molecule has 1 heterocycles. The SMILES string of the molecule is CNC1CCN(CC(C)c2ccccc2)C(C)C1C. The fourth-order valence-electron chi connectivity index (χ4n) is 3.34. The van der Waals surface area contributed by atoms with Crippen molar-refractivity contribution in [2.45, 2.75) is 45.2 Å². The van der Waals surface area contributed by atoms with Crippen LogP contribution in [-0.2, 0) is 0 Å². The molecule has 0 bridgehead atoms. The molecule has 0 saturated carbocycles. The lowest BCUT2D eigenvalue weighted by atomic mass is 9.86. The third-order valence-corrected chi connectivity index (χ3v) is 4.95. The molecule has 19 heavy (non-hydrogen) atoms. The Hall–Kier alpha value is -0.860. The maximum atomic E-state index is 3.46. The van der Waals surface area contributed by atoms with Crippen LogP contribution in [0.5, 0.6) is 0 Å². The molecule has 1 aliphatic rings. The van der Waals surface area contributed by atoms with Gasteiger partial charge in [-0.15, -0.1) is 0 Å². The van der Waals surface area contributed by atoms with Gasteiger partial charge in [-0.25, -0.2) is 0 Å². The van der Waals surface area contributed by atoms with Crippen molar-refractivity contribution in [3.63, 3.8) is 0 Å². The summed E-state index contributed by atoms with van der Waals surface area (Å²) in [5, 5.41) is 3.46. The minimum Gasteiger partial charge on any atom is -0.317 e. The van der Waals surface area contributed by atoms with E-state index in [1.54, 1.807) is 0 Å². The summed E-state index contributed by atoms with van der Waals surface area (Å²) < 4.78 is 0. The Kier molecular flexibility index (Phi) is 5.00. The summed E-state index contributed by atoms with van der Waals surface area (Å²) >= 11 is 0. The average molecular weight is 260 g/mol. The standard InChI is InChI=1S/C17H28N2/c1-13(16-8-6-5-7-9-16)12-19-11-10-17(18-4)14(2)15(19)3/h5-9,13-15,17-18H,10-12H2,1-4H3. The molecule has 2 rings (SSSR count). The molecule has 0 aromatic heterocycles. The van der Waals surface area contributed by atoms with Gasteiger partial charge < -0.3 is 5.32 Å². The fraction of sp³-hybridized carbons (Fsp3) is 0.647. The first-order chi connectivity index (χ1) is 9.13. The molecule has 1 aromatic carbocycles. The van der Waals surface area contributed by atoms with Crippen LogP contribution in [0.25, 0.3) is 0 Å². The normalized spacial score (nSPS) is 30.2. The maximum absolute atomic E-state index is 3.46. The molecule has 106 valence electrons. The molecule has 2 heteroatoms.